The monoisotopic (exact) mass is 328 g/mol. The zero-order chi connectivity index (χ0) is 16.6. The first-order valence-corrected chi connectivity index (χ1v) is 8.04. The third-order valence-corrected chi connectivity index (χ3v) is 4.76. The lowest BCUT2D eigenvalue weighted by Crippen LogP contribution is -2.10. The van der Waals surface area contributed by atoms with E-state index in [-0.39, 0.29) is 5.92 Å². The van der Waals surface area contributed by atoms with Gasteiger partial charge in [-0.3, -0.25) is 4.79 Å². The van der Waals surface area contributed by atoms with Gasteiger partial charge in [-0.25, -0.2) is 4.98 Å². The molecular formula is C17H16N2O3S. The van der Waals surface area contributed by atoms with Gasteiger partial charge < -0.3 is 15.6 Å². The predicted octanol–water partition coefficient (Wildman–Crippen LogP) is 2.14. The average Bonchev–Trinajstić information content (AvgIpc) is 2.91. The number of aliphatic hydroxyl groups excluding tert-OH is 1. The van der Waals surface area contributed by atoms with Crippen molar-refractivity contribution < 1.29 is 14.6 Å². The third-order valence-electron chi connectivity index (χ3n) is 3.46. The van der Waals surface area contributed by atoms with Crippen molar-refractivity contribution in [3.63, 3.8) is 0 Å². The number of nitrogens with zero attached hydrogens (tertiary/aromatic N) is 1. The number of benzene rings is 1. The number of aromatic nitrogens is 1. The molecule has 1 aromatic carbocycles. The smallest absolute Gasteiger partial charge is 0.277 e. The van der Waals surface area contributed by atoms with Gasteiger partial charge in [-0.1, -0.05) is 18.8 Å². The third kappa shape index (κ3) is 3.07. The van der Waals surface area contributed by atoms with Crippen LogP contribution in [0.1, 0.15) is 40.0 Å². The molecule has 2 unspecified atom stereocenters. The average molecular weight is 328 g/mol. The number of carbonyl (C=O) groups excluding carboxylic acids is 1. The van der Waals surface area contributed by atoms with Crippen LogP contribution >= 0.6 is 11.3 Å². The van der Waals surface area contributed by atoms with Gasteiger partial charge in [0.15, 0.2) is 5.01 Å². The summed E-state index contributed by atoms with van der Waals surface area (Å²) in [5.41, 5.74) is 7.64. The molecule has 3 N–H and O–H groups in total. The van der Waals surface area contributed by atoms with Crippen LogP contribution in [0.2, 0.25) is 0 Å². The Morgan fingerprint density at radius 1 is 1.57 bits per heavy atom. The van der Waals surface area contributed by atoms with Crippen LogP contribution in [-0.2, 0) is 0 Å². The summed E-state index contributed by atoms with van der Waals surface area (Å²) in [6.45, 7) is 4.15. The van der Waals surface area contributed by atoms with Crippen molar-refractivity contribution in [2.75, 3.05) is 6.61 Å². The summed E-state index contributed by atoms with van der Waals surface area (Å²) in [4.78, 5) is 16.8. The van der Waals surface area contributed by atoms with Crippen molar-refractivity contribution in [3.05, 3.63) is 33.6 Å². The zero-order valence-electron chi connectivity index (χ0n) is 12.8. The van der Waals surface area contributed by atoms with Crippen LogP contribution < -0.4 is 10.5 Å². The molecule has 2 atom stereocenters. The van der Waals surface area contributed by atoms with Crippen LogP contribution in [0.4, 0.5) is 0 Å². The lowest BCUT2D eigenvalue weighted by molar-refractivity contribution is 0.1000. The first-order chi connectivity index (χ1) is 11.0. The Hall–Kier alpha value is -2.36. The molecule has 6 heteroatoms. The molecule has 1 aromatic heterocycles. The van der Waals surface area contributed by atoms with Gasteiger partial charge in [0, 0.05) is 21.9 Å². The number of rotatable bonds is 1. The van der Waals surface area contributed by atoms with E-state index in [1.165, 1.54) is 11.3 Å². The van der Waals surface area contributed by atoms with Gasteiger partial charge in [0.1, 0.15) is 11.9 Å². The summed E-state index contributed by atoms with van der Waals surface area (Å²) in [6, 6.07) is 5.55. The molecule has 0 saturated heterocycles. The van der Waals surface area contributed by atoms with E-state index in [0.717, 1.165) is 21.7 Å². The summed E-state index contributed by atoms with van der Waals surface area (Å²) < 4.78 is 5.84. The highest BCUT2D eigenvalue weighted by Gasteiger charge is 2.26. The van der Waals surface area contributed by atoms with E-state index in [4.69, 9.17) is 10.5 Å². The van der Waals surface area contributed by atoms with Gasteiger partial charge >= 0.3 is 0 Å². The second-order valence-corrected chi connectivity index (χ2v) is 6.50. The highest BCUT2D eigenvalue weighted by atomic mass is 32.1. The Morgan fingerprint density at radius 2 is 2.35 bits per heavy atom. The van der Waals surface area contributed by atoms with Gasteiger partial charge in [0.25, 0.3) is 5.91 Å². The molecule has 0 fully saturated rings. The number of amides is 1. The molecular weight excluding hydrogens is 312 g/mol. The number of nitrogens with two attached hydrogens (primary N) is 1. The molecule has 23 heavy (non-hydrogen) atoms. The van der Waals surface area contributed by atoms with Crippen molar-refractivity contribution >= 4 is 17.2 Å². The molecule has 3 rings (SSSR count). The highest BCUT2D eigenvalue weighted by molar-refractivity contribution is 7.14. The number of hydrogen-bond donors (Lipinski definition) is 2. The number of ether oxygens (including phenoxy) is 1. The van der Waals surface area contributed by atoms with E-state index in [2.05, 4.69) is 16.8 Å². The lowest BCUT2D eigenvalue weighted by atomic mass is 10.0. The second kappa shape index (κ2) is 6.03. The topological polar surface area (TPSA) is 85.4 Å². The van der Waals surface area contributed by atoms with Crippen LogP contribution in [0.15, 0.2) is 18.2 Å². The van der Waals surface area contributed by atoms with Crippen molar-refractivity contribution in [2.45, 2.75) is 25.9 Å². The van der Waals surface area contributed by atoms with E-state index in [1.54, 1.807) is 6.92 Å². The van der Waals surface area contributed by atoms with Gasteiger partial charge in [0.2, 0.25) is 0 Å². The summed E-state index contributed by atoms with van der Waals surface area (Å²) >= 11 is 1.31. The minimum atomic E-state index is -0.693. The predicted molar refractivity (Wildman–Crippen MR) is 88.5 cm³/mol. The second-order valence-electron chi connectivity index (χ2n) is 5.46. The maximum atomic E-state index is 11.5. The van der Waals surface area contributed by atoms with E-state index < -0.39 is 12.0 Å². The van der Waals surface area contributed by atoms with Crippen molar-refractivity contribution in [1.29, 1.82) is 0 Å². The number of carbonyl (C=O) groups is 1. The number of hydrogen-bond acceptors (Lipinski definition) is 5. The molecule has 2 aromatic rings. The number of thiazole rings is 1. The van der Waals surface area contributed by atoms with E-state index >= 15 is 0 Å². The van der Waals surface area contributed by atoms with E-state index in [9.17, 15) is 9.90 Å². The van der Waals surface area contributed by atoms with Crippen molar-refractivity contribution in [2.24, 2.45) is 5.73 Å². The summed E-state index contributed by atoms with van der Waals surface area (Å²) in [5.74, 6) is 5.93. The Labute approximate surface area is 138 Å². The van der Waals surface area contributed by atoms with E-state index in [0.29, 0.717) is 17.4 Å². The van der Waals surface area contributed by atoms with Crippen molar-refractivity contribution in [3.8, 4) is 28.8 Å². The van der Waals surface area contributed by atoms with Gasteiger partial charge in [-0.15, -0.1) is 11.3 Å². The standard InChI is InChI=1S/C17H16N2O3S/c1-9-8-22-13-6-5-11(4-3-10(2)20)7-12(13)14-15(9)23-17(19-14)16(18)21/h5-7,9-10,20H,8H2,1-2H3,(H2,18,21). The zero-order valence-corrected chi connectivity index (χ0v) is 13.6. The minimum Gasteiger partial charge on any atom is -0.492 e. The normalized spacial score (nSPS) is 16.9. The number of aliphatic hydroxyl groups is 1. The SMILES string of the molecule is CC(O)C#Cc1ccc2c(c1)-c1nc(C(N)=O)sc1C(C)CO2. The molecule has 0 spiro atoms. The molecule has 5 nitrogen and oxygen atoms in total. The highest BCUT2D eigenvalue weighted by Crippen LogP contribution is 2.41. The Kier molecular flexibility index (Phi) is 4.07. The summed E-state index contributed by atoms with van der Waals surface area (Å²) in [7, 11) is 0. The number of fused-ring (bicyclic) bond motifs is 3. The molecule has 1 aliphatic heterocycles. The van der Waals surface area contributed by atoms with Gasteiger partial charge in [-0.2, -0.15) is 0 Å². The van der Waals surface area contributed by atoms with Crippen LogP contribution in [0.3, 0.4) is 0 Å². The molecule has 0 bridgehead atoms. The van der Waals surface area contributed by atoms with Crippen LogP contribution in [0.25, 0.3) is 11.3 Å². The molecule has 1 aliphatic rings. The van der Waals surface area contributed by atoms with Crippen LogP contribution in [0.5, 0.6) is 5.75 Å². The quantitative estimate of drug-likeness (QED) is 0.785. The van der Waals surface area contributed by atoms with E-state index in [1.807, 2.05) is 25.1 Å². The first-order valence-electron chi connectivity index (χ1n) is 7.23. The molecule has 118 valence electrons. The van der Waals surface area contributed by atoms with Crippen LogP contribution in [-0.4, -0.2) is 28.7 Å². The fourth-order valence-corrected chi connectivity index (χ4v) is 3.33. The fraction of sp³-hybridized carbons (Fsp3) is 0.294. The maximum absolute atomic E-state index is 11.5. The Bertz CT molecular complexity index is 830. The summed E-state index contributed by atoms with van der Waals surface area (Å²) in [6.07, 6.45) is -0.693. The first kappa shape index (κ1) is 15.5. The maximum Gasteiger partial charge on any atom is 0.277 e. The molecule has 1 amide bonds. The molecule has 0 radical (unpaired) electrons. The summed E-state index contributed by atoms with van der Waals surface area (Å²) in [5, 5.41) is 9.59. The Balaban J connectivity index is 2.15. The van der Waals surface area contributed by atoms with Crippen LogP contribution in [0, 0.1) is 11.8 Å². The molecule has 0 aliphatic carbocycles. The minimum absolute atomic E-state index is 0.120. The largest absolute Gasteiger partial charge is 0.492 e. The fourth-order valence-electron chi connectivity index (χ4n) is 2.36. The molecule has 0 saturated carbocycles. The molecule has 2 heterocycles. The van der Waals surface area contributed by atoms with Crippen molar-refractivity contribution in [1.82, 2.24) is 4.98 Å². The number of primary amides is 1. The Morgan fingerprint density at radius 3 is 3.04 bits per heavy atom. The van der Waals surface area contributed by atoms with Gasteiger partial charge in [0.05, 0.1) is 12.3 Å². The lowest BCUT2D eigenvalue weighted by Gasteiger charge is -2.08. The van der Waals surface area contributed by atoms with Gasteiger partial charge in [-0.05, 0) is 25.1 Å².